The second-order valence-electron chi connectivity index (χ2n) is 2.82. The highest BCUT2D eigenvalue weighted by Gasteiger charge is 2.06. The fourth-order valence-corrected chi connectivity index (χ4v) is 1.48. The Bertz CT molecular complexity index is 439. The Labute approximate surface area is 87.9 Å². The van der Waals surface area contributed by atoms with Gasteiger partial charge in [0.05, 0.1) is 12.8 Å². The maximum atomic E-state index is 5.23. The van der Waals surface area contributed by atoms with E-state index in [9.17, 15) is 0 Å². The maximum Gasteiger partial charge on any atom is 0.128 e. The van der Waals surface area contributed by atoms with Crippen LogP contribution in [-0.4, -0.2) is 16.3 Å². The van der Waals surface area contributed by atoms with Crippen molar-refractivity contribution in [2.75, 3.05) is 7.11 Å². The van der Waals surface area contributed by atoms with Crippen molar-refractivity contribution in [3.05, 3.63) is 36.5 Å². The van der Waals surface area contributed by atoms with Crippen LogP contribution in [0.4, 0.5) is 0 Å². The van der Waals surface area contributed by atoms with E-state index in [1.54, 1.807) is 13.3 Å². The number of benzene rings is 1. The molecule has 72 valence electrons. The number of nitrogens with zero attached hydrogens (tertiary/aromatic N) is 2. The van der Waals surface area contributed by atoms with E-state index in [-0.39, 0.29) is 0 Å². The molecule has 0 aliphatic carbocycles. The molecule has 0 amide bonds. The van der Waals surface area contributed by atoms with Crippen molar-refractivity contribution in [2.45, 2.75) is 0 Å². The summed E-state index contributed by atoms with van der Waals surface area (Å²) in [6.45, 7) is 0. The molecular formula is C10H10N2OS. The van der Waals surface area contributed by atoms with E-state index >= 15 is 0 Å². The van der Waals surface area contributed by atoms with Gasteiger partial charge < -0.3 is 4.74 Å². The summed E-state index contributed by atoms with van der Waals surface area (Å²) in [5, 5.41) is 4.19. The fourth-order valence-electron chi connectivity index (χ4n) is 1.31. The van der Waals surface area contributed by atoms with E-state index in [1.165, 1.54) is 4.09 Å². The smallest absolute Gasteiger partial charge is 0.128 e. The van der Waals surface area contributed by atoms with Gasteiger partial charge in [0.1, 0.15) is 5.75 Å². The average Bonchev–Trinajstić information content (AvgIpc) is 2.65. The number of hydrogen-bond acceptors (Lipinski definition) is 3. The summed E-state index contributed by atoms with van der Waals surface area (Å²) in [6.07, 6.45) is 1.78. The Morgan fingerprint density at radius 1 is 1.29 bits per heavy atom. The van der Waals surface area contributed by atoms with E-state index in [4.69, 9.17) is 4.74 Å². The molecule has 0 radical (unpaired) electrons. The molecule has 14 heavy (non-hydrogen) atoms. The molecule has 1 heterocycles. The van der Waals surface area contributed by atoms with Gasteiger partial charge in [0.25, 0.3) is 0 Å². The molecule has 2 aromatic rings. The number of aromatic nitrogens is 2. The van der Waals surface area contributed by atoms with Gasteiger partial charge in [-0.25, -0.2) is 4.09 Å². The summed E-state index contributed by atoms with van der Waals surface area (Å²) in [5.74, 6) is 0.819. The van der Waals surface area contributed by atoms with Crippen LogP contribution in [0.1, 0.15) is 0 Å². The van der Waals surface area contributed by atoms with Crippen LogP contribution < -0.4 is 4.74 Å². The second-order valence-corrected chi connectivity index (χ2v) is 3.23. The van der Waals surface area contributed by atoms with E-state index in [0.29, 0.717) is 0 Å². The molecule has 0 unspecified atom stereocenters. The summed E-state index contributed by atoms with van der Waals surface area (Å²) in [7, 11) is 1.65. The standard InChI is InChI=1S/C10H10N2OS/c1-13-10-5-3-2-4-8(10)9-6-7-12(14)11-9/h2-7,14H,1H3. The predicted molar refractivity (Wildman–Crippen MR) is 58.6 cm³/mol. The molecule has 0 saturated carbocycles. The predicted octanol–water partition coefficient (Wildman–Crippen LogP) is 2.25. The van der Waals surface area contributed by atoms with Gasteiger partial charge in [-0.15, -0.1) is 0 Å². The third kappa shape index (κ3) is 1.61. The van der Waals surface area contributed by atoms with E-state index < -0.39 is 0 Å². The summed E-state index contributed by atoms with van der Waals surface area (Å²) in [4.78, 5) is 0. The van der Waals surface area contributed by atoms with E-state index in [2.05, 4.69) is 17.9 Å². The Balaban J connectivity index is 2.50. The molecule has 0 atom stereocenters. The van der Waals surface area contributed by atoms with Crippen molar-refractivity contribution in [1.29, 1.82) is 0 Å². The van der Waals surface area contributed by atoms with Gasteiger partial charge in [0.2, 0.25) is 0 Å². The molecule has 3 nitrogen and oxygen atoms in total. The Kier molecular flexibility index (Phi) is 2.45. The van der Waals surface area contributed by atoms with Gasteiger partial charge in [-0.3, -0.25) is 0 Å². The molecule has 0 aliphatic heterocycles. The van der Waals surface area contributed by atoms with Crippen molar-refractivity contribution in [3.8, 4) is 17.0 Å². The van der Waals surface area contributed by atoms with Gasteiger partial charge >= 0.3 is 0 Å². The van der Waals surface area contributed by atoms with Gasteiger partial charge in [-0.1, -0.05) is 12.1 Å². The monoisotopic (exact) mass is 206 g/mol. The molecule has 0 aliphatic rings. The topological polar surface area (TPSA) is 27.1 Å². The Morgan fingerprint density at radius 3 is 2.71 bits per heavy atom. The first-order valence-electron chi connectivity index (χ1n) is 4.19. The lowest BCUT2D eigenvalue weighted by atomic mass is 10.1. The Hall–Kier alpha value is -1.42. The SMILES string of the molecule is COc1ccccc1-c1ccn(S)n1. The van der Waals surface area contributed by atoms with Crippen LogP contribution in [0.15, 0.2) is 36.5 Å². The lowest BCUT2D eigenvalue weighted by Crippen LogP contribution is -1.88. The number of methoxy groups -OCH3 is 1. The van der Waals surface area contributed by atoms with E-state index in [1.807, 2.05) is 30.3 Å². The van der Waals surface area contributed by atoms with Crippen LogP contribution in [0.5, 0.6) is 5.75 Å². The third-order valence-corrected chi connectivity index (χ3v) is 2.18. The van der Waals surface area contributed by atoms with Crippen LogP contribution >= 0.6 is 12.8 Å². The van der Waals surface area contributed by atoms with Crippen molar-refractivity contribution in [1.82, 2.24) is 9.19 Å². The highest BCUT2D eigenvalue weighted by atomic mass is 32.1. The highest BCUT2D eigenvalue weighted by molar-refractivity contribution is 7.78. The molecule has 0 N–H and O–H groups in total. The first-order chi connectivity index (χ1) is 6.81. The minimum absolute atomic E-state index is 0.819. The molecule has 0 bridgehead atoms. The van der Waals surface area contributed by atoms with Crippen LogP contribution in [0.3, 0.4) is 0 Å². The van der Waals surface area contributed by atoms with E-state index in [0.717, 1.165) is 17.0 Å². The number of ether oxygens (including phenoxy) is 1. The average molecular weight is 206 g/mol. The molecule has 1 aromatic carbocycles. The third-order valence-electron chi connectivity index (χ3n) is 1.96. The Morgan fingerprint density at radius 2 is 2.07 bits per heavy atom. The zero-order valence-electron chi connectivity index (χ0n) is 7.71. The minimum atomic E-state index is 0.819. The molecule has 2 rings (SSSR count). The van der Waals surface area contributed by atoms with Crippen molar-refractivity contribution in [3.63, 3.8) is 0 Å². The molecule has 0 saturated heterocycles. The summed E-state index contributed by atoms with van der Waals surface area (Å²) in [6, 6.07) is 9.65. The number of hydrogen-bond donors (Lipinski definition) is 1. The van der Waals surface area contributed by atoms with Gasteiger partial charge in [-0.2, -0.15) is 5.10 Å². The van der Waals surface area contributed by atoms with Crippen molar-refractivity contribution >= 4 is 12.8 Å². The molecular weight excluding hydrogens is 196 g/mol. The van der Waals surface area contributed by atoms with Gasteiger partial charge in [0.15, 0.2) is 0 Å². The molecule has 0 spiro atoms. The highest BCUT2D eigenvalue weighted by Crippen LogP contribution is 2.27. The van der Waals surface area contributed by atoms with Gasteiger partial charge in [0, 0.05) is 11.8 Å². The summed E-state index contributed by atoms with van der Waals surface area (Å²) >= 11 is 4.08. The lowest BCUT2D eigenvalue weighted by molar-refractivity contribution is 0.416. The first-order valence-corrected chi connectivity index (χ1v) is 4.59. The second kappa shape index (κ2) is 3.75. The number of para-hydroxylation sites is 1. The van der Waals surface area contributed by atoms with Crippen molar-refractivity contribution in [2.24, 2.45) is 0 Å². The van der Waals surface area contributed by atoms with Crippen LogP contribution in [0.2, 0.25) is 0 Å². The largest absolute Gasteiger partial charge is 0.496 e. The zero-order chi connectivity index (χ0) is 9.97. The molecule has 0 fully saturated rings. The van der Waals surface area contributed by atoms with Crippen LogP contribution in [0.25, 0.3) is 11.3 Å². The lowest BCUT2D eigenvalue weighted by Gasteiger charge is -2.04. The minimum Gasteiger partial charge on any atom is -0.496 e. The summed E-state index contributed by atoms with van der Waals surface area (Å²) in [5.41, 5.74) is 1.83. The first kappa shape index (κ1) is 9.15. The van der Waals surface area contributed by atoms with Crippen LogP contribution in [0, 0.1) is 0 Å². The number of thiol groups is 1. The quantitative estimate of drug-likeness (QED) is 0.763. The number of rotatable bonds is 2. The summed E-state index contributed by atoms with van der Waals surface area (Å²) < 4.78 is 6.71. The normalized spacial score (nSPS) is 10.1. The van der Waals surface area contributed by atoms with Crippen LogP contribution in [-0.2, 0) is 0 Å². The van der Waals surface area contributed by atoms with Crippen molar-refractivity contribution < 1.29 is 4.74 Å². The fraction of sp³-hybridized carbons (Fsp3) is 0.100. The maximum absolute atomic E-state index is 5.23. The molecule has 1 aromatic heterocycles. The zero-order valence-corrected chi connectivity index (χ0v) is 8.61. The molecule has 4 heteroatoms. The van der Waals surface area contributed by atoms with Gasteiger partial charge in [-0.05, 0) is 31.0 Å².